The van der Waals surface area contributed by atoms with Gasteiger partial charge in [-0.3, -0.25) is 9.79 Å². The Morgan fingerprint density at radius 3 is 2.16 bits per heavy atom. The number of nitrogens with zero attached hydrogens (tertiary/aromatic N) is 1. The number of aliphatic imine (C=N–C) groups is 1. The Hall–Kier alpha value is -3.82. The molecule has 3 rings (SSSR count). The van der Waals surface area contributed by atoms with Crippen molar-refractivity contribution in [1.29, 1.82) is 0 Å². The molecule has 0 fully saturated rings. The Morgan fingerprint density at radius 1 is 0.903 bits per heavy atom. The van der Waals surface area contributed by atoms with Gasteiger partial charge in [0, 0.05) is 13.1 Å². The predicted octanol–water partition coefficient (Wildman–Crippen LogP) is 3.23. The number of benzene rings is 3. The number of ether oxygens (including phenoxy) is 2. The van der Waals surface area contributed by atoms with E-state index in [1.165, 1.54) is 43.3 Å². The maximum Gasteiger partial charge on any atom is 0.347 e. The summed E-state index contributed by atoms with van der Waals surface area (Å²) in [6, 6.07) is 18.7. The van der Waals surface area contributed by atoms with Gasteiger partial charge in [0.15, 0.2) is 0 Å². The second-order valence-corrected chi connectivity index (χ2v) is 7.91. The number of carbonyl (C=O) groups excluding carboxylic acids is 2. The van der Waals surface area contributed by atoms with Gasteiger partial charge in [-0.1, -0.05) is 12.1 Å². The van der Waals surface area contributed by atoms with Gasteiger partial charge in [0.05, 0.1) is 10.6 Å². The van der Waals surface area contributed by atoms with Crippen molar-refractivity contribution in [2.45, 2.75) is 11.8 Å². The van der Waals surface area contributed by atoms with Crippen molar-refractivity contribution in [2.24, 2.45) is 10.1 Å². The second-order valence-electron chi connectivity index (χ2n) is 6.35. The van der Waals surface area contributed by atoms with Crippen LogP contribution in [0.5, 0.6) is 11.5 Å². The molecule has 31 heavy (non-hydrogen) atoms. The zero-order chi connectivity index (χ0) is 22.4. The first-order valence-electron chi connectivity index (χ1n) is 8.99. The Morgan fingerprint density at radius 2 is 1.55 bits per heavy atom. The Labute approximate surface area is 179 Å². The van der Waals surface area contributed by atoms with Gasteiger partial charge in [-0.2, -0.15) is 0 Å². The van der Waals surface area contributed by atoms with Crippen LogP contribution in [0.4, 0.5) is 5.69 Å². The molecule has 0 bridgehead atoms. The molecular weight excluding hydrogens is 420 g/mol. The highest BCUT2D eigenvalue weighted by Crippen LogP contribution is 2.21. The van der Waals surface area contributed by atoms with Crippen molar-refractivity contribution in [2.75, 3.05) is 0 Å². The third kappa shape index (κ3) is 6.08. The number of carbonyl (C=O) groups is 2. The van der Waals surface area contributed by atoms with Crippen molar-refractivity contribution < 1.29 is 27.5 Å². The summed E-state index contributed by atoms with van der Waals surface area (Å²) in [6.45, 7) is 1.25. The number of hydrogen-bond donors (Lipinski definition) is 1. The number of sulfonamides is 1. The van der Waals surface area contributed by atoms with E-state index in [1.54, 1.807) is 42.6 Å². The lowest BCUT2D eigenvalue weighted by atomic mass is 10.2. The molecule has 9 heteroatoms. The highest BCUT2D eigenvalue weighted by Gasteiger charge is 2.15. The first-order chi connectivity index (χ1) is 14.7. The molecule has 0 unspecified atom stereocenters. The zero-order valence-corrected chi connectivity index (χ0v) is 17.2. The number of esters is 2. The number of primary sulfonamides is 1. The van der Waals surface area contributed by atoms with Gasteiger partial charge < -0.3 is 9.47 Å². The maximum absolute atomic E-state index is 12.4. The summed E-state index contributed by atoms with van der Waals surface area (Å²) in [7, 11) is -3.75. The summed E-state index contributed by atoms with van der Waals surface area (Å²) in [4.78, 5) is 27.9. The van der Waals surface area contributed by atoms with Crippen LogP contribution in [0.3, 0.4) is 0 Å². The van der Waals surface area contributed by atoms with Crippen molar-refractivity contribution in [3.63, 3.8) is 0 Å². The van der Waals surface area contributed by atoms with Crippen LogP contribution in [0, 0.1) is 0 Å². The molecule has 0 aromatic heterocycles. The van der Waals surface area contributed by atoms with Crippen LogP contribution in [0.2, 0.25) is 0 Å². The van der Waals surface area contributed by atoms with E-state index < -0.39 is 22.0 Å². The monoisotopic (exact) mass is 438 g/mol. The second kappa shape index (κ2) is 9.33. The molecule has 0 aliphatic rings. The lowest BCUT2D eigenvalue weighted by Gasteiger charge is -2.08. The molecule has 0 saturated carbocycles. The molecule has 0 heterocycles. The minimum absolute atomic E-state index is 0.00731. The van der Waals surface area contributed by atoms with Crippen LogP contribution in [-0.2, 0) is 14.8 Å². The molecule has 0 saturated heterocycles. The summed E-state index contributed by atoms with van der Waals surface area (Å²) in [5.74, 6) is -0.772. The van der Waals surface area contributed by atoms with E-state index >= 15 is 0 Å². The van der Waals surface area contributed by atoms with Gasteiger partial charge >= 0.3 is 11.9 Å². The third-order valence-electron chi connectivity index (χ3n) is 3.98. The van der Waals surface area contributed by atoms with Gasteiger partial charge in [0.2, 0.25) is 10.0 Å². The average molecular weight is 438 g/mol. The van der Waals surface area contributed by atoms with Crippen LogP contribution in [0.15, 0.2) is 82.7 Å². The quantitative estimate of drug-likeness (QED) is 0.358. The van der Waals surface area contributed by atoms with E-state index in [0.717, 1.165) is 5.56 Å². The SMILES string of the molecule is CC(=O)Oc1ccccc1C(=O)Oc1ccc(C=Nc2ccc(S(N)(=O)=O)cc2)cc1. The van der Waals surface area contributed by atoms with Gasteiger partial charge in [-0.25, -0.2) is 18.4 Å². The molecule has 3 aromatic rings. The minimum Gasteiger partial charge on any atom is -0.426 e. The van der Waals surface area contributed by atoms with E-state index in [2.05, 4.69) is 4.99 Å². The fourth-order valence-corrected chi connectivity index (χ4v) is 3.05. The average Bonchev–Trinajstić information content (AvgIpc) is 2.73. The van der Waals surface area contributed by atoms with Gasteiger partial charge in [-0.05, 0) is 66.2 Å². The highest BCUT2D eigenvalue weighted by molar-refractivity contribution is 7.89. The zero-order valence-electron chi connectivity index (χ0n) is 16.4. The molecule has 3 aromatic carbocycles. The van der Waals surface area contributed by atoms with E-state index in [-0.39, 0.29) is 16.2 Å². The maximum atomic E-state index is 12.4. The van der Waals surface area contributed by atoms with Gasteiger partial charge in [0.1, 0.15) is 17.1 Å². The number of para-hydroxylation sites is 1. The summed E-state index contributed by atoms with van der Waals surface area (Å²) >= 11 is 0. The molecule has 0 amide bonds. The Kier molecular flexibility index (Phi) is 6.58. The number of nitrogens with two attached hydrogens (primary N) is 1. The van der Waals surface area contributed by atoms with Crippen LogP contribution in [0.1, 0.15) is 22.8 Å². The third-order valence-corrected chi connectivity index (χ3v) is 4.91. The molecule has 0 aliphatic heterocycles. The van der Waals surface area contributed by atoms with E-state index in [1.807, 2.05) is 0 Å². The fourth-order valence-electron chi connectivity index (χ4n) is 2.53. The van der Waals surface area contributed by atoms with Crippen LogP contribution < -0.4 is 14.6 Å². The highest BCUT2D eigenvalue weighted by atomic mass is 32.2. The van der Waals surface area contributed by atoms with Gasteiger partial charge in [0.25, 0.3) is 0 Å². The normalized spacial score (nSPS) is 11.3. The summed E-state index contributed by atoms with van der Waals surface area (Å²) in [6.07, 6.45) is 1.58. The van der Waals surface area contributed by atoms with Crippen LogP contribution in [0.25, 0.3) is 0 Å². The van der Waals surface area contributed by atoms with Crippen molar-refractivity contribution >= 4 is 33.9 Å². The van der Waals surface area contributed by atoms with Crippen molar-refractivity contribution in [3.05, 3.63) is 83.9 Å². The van der Waals surface area contributed by atoms with E-state index in [9.17, 15) is 18.0 Å². The molecule has 2 N–H and O–H groups in total. The fraction of sp³-hybridized carbons (Fsp3) is 0.0455. The molecule has 0 atom stereocenters. The van der Waals surface area contributed by atoms with Crippen molar-refractivity contribution in [3.8, 4) is 11.5 Å². The standard InChI is InChI=1S/C22H18N2O6S/c1-15(25)29-21-5-3-2-4-20(21)22(26)30-18-10-6-16(7-11-18)14-24-17-8-12-19(13-9-17)31(23,27)28/h2-14H,1H3,(H2,23,27,28). The number of rotatable bonds is 6. The smallest absolute Gasteiger partial charge is 0.347 e. The number of hydrogen-bond acceptors (Lipinski definition) is 7. The van der Waals surface area contributed by atoms with Crippen molar-refractivity contribution in [1.82, 2.24) is 0 Å². The molecule has 0 spiro atoms. The lowest BCUT2D eigenvalue weighted by Crippen LogP contribution is -2.12. The van der Waals surface area contributed by atoms with Gasteiger partial charge in [-0.15, -0.1) is 0 Å². The lowest BCUT2D eigenvalue weighted by molar-refractivity contribution is -0.131. The first-order valence-corrected chi connectivity index (χ1v) is 10.5. The molecule has 0 aliphatic carbocycles. The molecule has 0 radical (unpaired) electrons. The minimum atomic E-state index is -3.75. The summed E-state index contributed by atoms with van der Waals surface area (Å²) in [5, 5.41) is 5.06. The topological polar surface area (TPSA) is 125 Å². The summed E-state index contributed by atoms with van der Waals surface area (Å²) in [5.41, 5.74) is 1.41. The van der Waals surface area contributed by atoms with E-state index in [4.69, 9.17) is 14.6 Å². The van der Waals surface area contributed by atoms with Crippen LogP contribution >= 0.6 is 0 Å². The molecule has 158 valence electrons. The predicted molar refractivity (Wildman–Crippen MR) is 114 cm³/mol. The largest absolute Gasteiger partial charge is 0.426 e. The Balaban J connectivity index is 1.67. The summed E-state index contributed by atoms with van der Waals surface area (Å²) < 4.78 is 32.9. The van der Waals surface area contributed by atoms with E-state index in [0.29, 0.717) is 11.4 Å². The molecular formula is C22H18N2O6S. The first kappa shape index (κ1) is 21.9. The molecule has 8 nitrogen and oxygen atoms in total. The van der Waals surface area contributed by atoms with Crippen LogP contribution in [-0.4, -0.2) is 26.6 Å². The Bertz CT molecular complexity index is 1230.